The summed E-state index contributed by atoms with van der Waals surface area (Å²) >= 11 is 0. The molecule has 2 unspecified atom stereocenters. The third-order valence-electron chi connectivity index (χ3n) is 3.41. The molecule has 0 aliphatic heterocycles. The van der Waals surface area contributed by atoms with Gasteiger partial charge in [0.05, 0.1) is 0 Å². The minimum Gasteiger partial charge on any atom is -0.356 e. The van der Waals surface area contributed by atoms with Crippen molar-refractivity contribution >= 4 is 5.78 Å². The van der Waals surface area contributed by atoms with Gasteiger partial charge in [-0.3, -0.25) is 4.79 Å². The molecule has 3 nitrogen and oxygen atoms in total. The third-order valence-corrected chi connectivity index (χ3v) is 3.41. The quantitative estimate of drug-likeness (QED) is 0.673. The number of hydrogen-bond donors (Lipinski definition) is 0. The summed E-state index contributed by atoms with van der Waals surface area (Å²) in [5.41, 5.74) is 0.219. The van der Waals surface area contributed by atoms with Crippen LogP contribution in [0.5, 0.6) is 0 Å². The van der Waals surface area contributed by atoms with Crippen molar-refractivity contribution in [3.8, 4) is 0 Å². The van der Waals surface area contributed by atoms with E-state index >= 15 is 0 Å². The van der Waals surface area contributed by atoms with E-state index in [0.717, 1.165) is 12.8 Å². The van der Waals surface area contributed by atoms with Gasteiger partial charge >= 0.3 is 0 Å². The first kappa shape index (κ1) is 12.7. The van der Waals surface area contributed by atoms with E-state index in [1.807, 2.05) is 0 Å². The summed E-state index contributed by atoms with van der Waals surface area (Å²) in [6.07, 6.45) is 1.68. The van der Waals surface area contributed by atoms with Gasteiger partial charge < -0.3 is 9.47 Å². The van der Waals surface area contributed by atoms with E-state index in [0.29, 0.717) is 0 Å². The molecule has 0 N–H and O–H groups in total. The molecule has 0 amide bonds. The van der Waals surface area contributed by atoms with E-state index in [2.05, 4.69) is 13.8 Å². The molecule has 1 aliphatic carbocycles. The van der Waals surface area contributed by atoms with Crippen molar-refractivity contribution in [1.82, 2.24) is 0 Å². The van der Waals surface area contributed by atoms with E-state index in [-0.39, 0.29) is 29.3 Å². The summed E-state index contributed by atoms with van der Waals surface area (Å²) < 4.78 is 10.6. The lowest BCUT2D eigenvalue weighted by Crippen LogP contribution is -2.30. The first-order valence-corrected chi connectivity index (χ1v) is 5.47. The second kappa shape index (κ2) is 4.62. The average molecular weight is 214 g/mol. The number of carbonyl (C=O) groups excluding carboxylic acids is 1. The SMILES string of the molecule is COC(OC)C1CC(C)(C)CC1C(C)=O. The van der Waals surface area contributed by atoms with E-state index in [9.17, 15) is 4.79 Å². The summed E-state index contributed by atoms with van der Waals surface area (Å²) in [6, 6.07) is 0. The van der Waals surface area contributed by atoms with E-state index in [1.165, 1.54) is 0 Å². The Hall–Kier alpha value is -0.410. The molecule has 0 radical (unpaired) electrons. The van der Waals surface area contributed by atoms with Gasteiger partial charge in [0.1, 0.15) is 5.78 Å². The molecule has 0 heterocycles. The van der Waals surface area contributed by atoms with Crippen molar-refractivity contribution in [2.75, 3.05) is 14.2 Å². The van der Waals surface area contributed by atoms with Gasteiger partial charge in [-0.2, -0.15) is 0 Å². The van der Waals surface area contributed by atoms with Gasteiger partial charge in [-0.1, -0.05) is 13.8 Å². The number of carbonyl (C=O) groups is 1. The Morgan fingerprint density at radius 1 is 1.27 bits per heavy atom. The fraction of sp³-hybridized carbons (Fsp3) is 0.917. The van der Waals surface area contributed by atoms with Crippen LogP contribution in [0.1, 0.15) is 33.6 Å². The summed E-state index contributed by atoms with van der Waals surface area (Å²) in [7, 11) is 3.27. The molecule has 1 saturated carbocycles. The van der Waals surface area contributed by atoms with Crippen LogP contribution in [0.3, 0.4) is 0 Å². The molecular formula is C12H22O3. The molecule has 0 aromatic heterocycles. The van der Waals surface area contributed by atoms with Gasteiger partial charge in [0.2, 0.25) is 0 Å². The molecule has 0 aromatic rings. The summed E-state index contributed by atoms with van der Waals surface area (Å²) in [5.74, 6) is 0.544. The number of methoxy groups -OCH3 is 2. The fourth-order valence-electron chi connectivity index (χ4n) is 2.79. The Morgan fingerprint density at radius 2 is 1.80 bits per heavy atom. The van der Waals surface area contributed by atoms with Crippen LogP contribution >= 0.6 is 0 Å². The Morgan fingerprint density at radius 3 is 2.20 bits per heavy atom. The molecule has 15 heavy (non-hydrogen) atoms. The van der Waals surface area contributed by atoms with Gasteiger partial charge in [-0.05, 0) is 25.2 Å². The molecule has 3 heteroatoms. The molecule has 1 fully saturated rings. The van der Waals surface area contributed by atoms with Crippen molar-refractivity contribution in [2.45, 2.75) is 39.9 Å². The van der Waals surface area contributed by atoms with Crippen molar-refractivity contribution in [3.05, 3.63) is 0 Å². The Labute approximate surface area is 92.1 Å². The van der Waals surface area contributed by atoms with Crippen LogP contribution in [-0.4, -0.2) is 26.3 Å². The lowest BCUT2D eigenvalue weighted by molar-refractivity contribution is -0.152. The van der Waals surface area contributed by atoms with Crippen molar-refractivity contribution in [2.24, 2.45) is 17.3 Å². The van der Waals surface area contributed by atoms with Crippen LogP contribution < -0.4 is 0 Å². The number of rotatable bonds is 4. The van der Waals surface area contributed by atoms with Crippen LogP contribution in [-0.2, 0) is 14.3 Å². The van der Waals surface area contributed by atoms with Crippen LogP contribution in [0.25, 0.3) is 0 Å². The molecular weight excluding hydrogens is 192 g/mol. The van der Waals surface area contributed by atoms with Gasteiger partial charge in [-0.25, -0.2) is 0 Å². The van der Waals surface area contributed by atoms with Crippen LogP contribution in [0.4, 0.5) is 0 Å². The fourth-order valence-corrected chi connectivity index (χ4v) is 2.79. The first-order valence-electron chi connectivity index (χ1n) is 5.47. The van der Waals surface area contributed by atoms with Gasteiger partial charge in [0.15, 0.2) is 6.29 Å². The van der Waals surface area contributed by atoms with Crippen molar-refractivity contribution in [3.63, 3.8) is 0 Å². The Bertz CT molecular complexity index is 231. The Balaban J connectivity index is 2.81. The largest absolute Gasteiger partial charge is 0.356 e. The topological polar surface area (TPSA) is 35.5 Å². The highest BCUT2D eigenvalue weighted by Crippen LogP contribution is 2.47. The predicted molar refractivity (Wildman–Crippen MR) is 58.5 cm³/mol. The molecule has 0 aromatic carbocycles. The molecule has 88 valence electrons. The second-order valence-corrected chi connectivity index (χ2v) is 5.29. The summed E-state index contributed by atoms with van der Waals surface area (Å²) in [5, 5.41) is 0. The van der Waals surface area contributed by atoms with Gasteiger partial charge in [0.25, 0.3) is 0 Å². The van der Waals surface area contributed by atoms with E-state index < -0.39 is 0 Å². The number of ketones is 1. The molecule has 0 saturated heterocycles. The lowest BCUT2D eigenvalue weighted by atomic mass is 9.90. The number of hydrogen-bond acceptors (Lipinski definition) is 3. The van der Waals surface area contributed by atoms with Gasteiger partial charge in [0, 0.05) is 26.1 Å². The molecule has 1 rings (SSSR count). The van der Waals surface area contributed by atoms with Crippen molar-refractivity contribution < 1.29 is 14.3 Å². The molecule has 1 aliphatic rings. The van der Waals surface area contributed by atoms with Gasteiger partial charge in [-0.15, -0.1) is 0 Å². The minimum absolute atomic E-state index is 0.0879. The zero-order valence-electron chi connectivity index (χ0n) is 10.4. The normalized spacial score (nSPS) is 29.7. The standard InChI is InChI=1S/C12H22O3/c1-8(13)9-6-12(2,3)7-10(9)11(14-4)15-5/h9-11H,6-7H2,1-5H3. The third kappa shape index (κ3) is 2.79. The molecule has 2 atom stereocenters. The van der Waals surface area contributed by atoms with Crippen LogP contribution in [0.15, 0.2) is 0 Å². The lowest BCUT2D eigenvalue weighted by Gasteiger charge is -2.25. The van der Waals surface area contributed by atoms with E-state index in [4.69, 9.17) is 9.47 Å². The van der Waals surface area contributed by atoms with Crippen LogP contribution in [0.2, 0.25) is 0 Å². The smallest absolute Gasteiger partial charge is 0.160 e. The number of ether oxygens (including phenoxy) is 2. The minimum atomic E-state index is -0.249. The Kier molecular flexibility index (Phi) is 3.90. The maximum atomic E-state index is 11.6. The van der Waals surface area contributed by atoms with E-state index in [1.54, 1.807) is 21.1 Å². The predicted octanol–water partition coefficient (Wildman–Crippen LogP) is 2.25. The average Bonchev–Trinajstić information content (AvgIpc) is 2.44. The van der Waals surface area contributed by atoms with Crippen molar-refractivity contribution in [1.29, 1.82) is 0 Å². The zero-order valence-corrected chi connectivity index (χ0v) is 10.4. The highest BCUT2D eigenvalue weighted by molar-refractivity contribution is 5.79. The highest BCUT2D eigenvalue weighted by atomic mass is 16.7. The van der Waals surface area contributed by atoms with Crippen LogP contribution in [0, 0.1) is 17.3 Å². The highest BCUT2D eigenvalue weighted by Gasteiger charge is 2.45. The first-order chi connectivity index (χ1) is 6.91. The maximum absolute atomic E-state index is 11.6. The second-order valence-electron chi connectivity index (χ2n) is 5.29. The summed E-state index contributed by atoms with van der Waals surface area (Å²) in [4.78, 5) is 11.6. The molecule has 0 bridgehead atoms. The monoisotopic (exact) mass is 214 g/mol. The molecule has 0 spiro atoms. The summed E-state index contributed by atoms with van der Waals surface area (Å²) in [6.45, 7) is 6.07. The zero-order chi connectivity index (χ0) is 11.6. The number of Topliss-reactive ketones (excluding diaryl/α,β-unsaturated/α-hetero) is 1. The maximum Gasteiger partial charge on any atom is 0.160 e.